The molecule has 0 spiro atoms. The molecule has 31 heavy (non-hydrogen) atoms. The second kappa shape index (κ2) is 7.25. The van der Waals surface area contributed by atoms with Crippen molar-refractivity contribution in [3.05, 3.63) is 27.8 Å². The summed E-state index contributed by atoms with van der Waals surface area (Å²) in [4.78, 5) is -0.0592. The van der Waals surface area contributed by atoms with Crippen LogP contribution < -0.4 is 4.90 Å². The van der Waals surface area contributed by atoms with Gasteiger partial charge in [0.15, 0.2) is 0 Å². The third-order valence-electron chi connectivity index (χ3n) is 4.31. The van der Waals surface area contributed by atoms with E-state index in [4.69, 9.17) is 0 Å². The van der Waals surface area contributed by atoms with Gasteiger partial charge in [-0.15, -0.1) is 0 Å². The number of anilines is 1. The minimum atomic E-state index is -6.86. The van der Waals surface area contributed by atoms with Crippen LogP contribution in [-0.4, -0.2) is 13.1 Å². The van der Waals surface area contributed by atoms with Gasteiger partial charge in [0.2, 0.25) is 0 Å². The maximum Gasteiger partial charge on any atom is 0.419 e. The van der Waals surface area contributed by atoms with Crippen LogP contribution in [0.15, 0.2) is 0 Å². The highest BCUT2D eigenvalue weighted by molar-refractivity contribution is 5.71. The molecule has 0 bridgehead atoms. The fourth-order valence-corrected chi connectivity index (χ4v) is 3.40. The Labute approximate surface area is 162 Å². The Balaban J connectivity index is 3.39. The highest BCUT2D eigenvalue weighted by atomic mass is 19.4. The zero-order chi connectivity index (χ0) is 24.4. The van der Waals surface area contributed by atoms with E-state index in [1.807, 2.05) is 0 Å². The summed E-state index contributed by atoms with van der Waals surface area (Å²) in [5, 5.41) is 0. The number of nitrogens with zero attached hydrogens (tertiary/aromatic N) is 1. The number of benzene rings is 1. The molecule has 0 atom stereocenters. The summed E-state index contributed by atoms with van der Waals surface area (Å²) < 4.78 is 201. The van der Waals surface area contributed by atoms with Crippen molar-refractivity contribution in [1.82, 2.24) is 0 Å². The Kier molecular flexibility index (Phi) is 5.90. The van der Waals surface area contributed by atoms with Gasteiger partial charge in [-0.3, -0.25) is 0 Å². The van der Waals surface area contributed by atoms with Crippen LogP contribution in [-0.2, 0) is 30.9 Å². The summed E-state index contributed by atoms with van der Waals surface area (Å²) in [7, 11) is 0. The predicted octanol–water partition coefficient (Wildman–Crippen LogP) is 7.38. The molecule has 1 nitrogen and oxygen atoms in total. The standard InChI is InChI=1S/C15H8F15N/c16-11(17,18)5-6(12(19,20)21)8(14(25,26)27)10(31-3-1-2-4-31)9(15(28,29)30)7(5)13(22,23)24/h1-4H2. The second-order valence-electron chi connectivity index (χ2n) is 6.41. The summed E-state index contributed by atoms with van der Waals surface area (Å²) in [6.07, 6.45) is -33.8. The molecule has 1 aliphatic rings. The first kappa shape index (κ1) is 25.2. The highest BCUT2D eigenvalue weighted by Gasteiger charge is 2.61. The van der Waals surface area contributed by atoms with Crippen molar-refractivity contribution in [3.63, 3.8) is 0 Å². The second-order valence-corrected chi connectivity index (χ2v) is 6.41. The van der Waals surface area contributed by atoms with E-state index in [1.54, 1.807) is 0 Å². The minimum absolute atomic E-state index is 0.0592. The Hall–Kier alpha value is -2.03. The van der Waals surface area contributed by atoms with Gasteiger partial charge >= 0.3 is 30.9 Å². The third kappa shape index (κ3) is 4.76. The SMILES string of the molecule is FC(F)(F)c1c(N2CCCC2)c(C(F)(F)F)c(C(F)(F)F)c(C(F)(F)F)c1C(F)(F)F. The van der Waals surface area contributed by atoms with Crippen LogP contribution in [0.25, 0.3) is 0 Å². The topological polar surface area (TPSA) is 3.24 Å². The van der Waals surface area contributed by atoms with Gasteiger partial charge in [0, 0.05) is 13.1 Å². The fraction of sp³-hybridized carbons (Fsp3) is 0.600. The number of halogens is 15. The molecule has 0 N–H and O–H groups in total. The van der Waals surface area contributed by atoms with Gasteiger partial charge < -0.3 is 4.90 Å². The zero-order valence-corrected chi connectivity index (χ0v) is 14.4. The van der Waals surface area contributed by atoms with Crippen molar-refractivity contribution in [1.29, 1.82) is 0 Å². The quantitative estimate of drug-likeness (QED) is 0.374. The largest absolute Gasteiger partial charge is 0.419 e. The smallest absolute Gasteiger partial charge is 0.371 e. The molecule has 1 heterocycles. The predicted molar refractivity (Wildman–Crippen MR) is 72.9 cm³/mol. The fourth-order valence-electron chi connectivity index (χ4n) is 3.40. The first-order valence-corrected chi connectivity index (χ1v) is 7.94. The summed E-state index contributed by atoms with van der Waals surface area (Å²) >= 11 is 0. The molecule has 0 radical (unpaired) electrons. The van der Waals surface area contributed by atoms with Crippen molar-refractivity contribution < 1.29 is 65.9 Å². The first-order chi connectivity index (χ1) is 13.6. The molecule has 16 heteroatoms. The number of rotatable bonds is 1. The lowest BCUT2D eigenvalue weighted by atomic mass is 9.86. The molecule has 0 aromatic heterocycles. The van der Waals surface area contributed by atoms with E-state index < -0.39 is 77.5 Å². The molecule has 0 saturated carbocycles. The molecule has 0 aliphatic carbocycles. The van der Waals surface area contributed by atoms with Crippen molar-refractivity contribution in [2.75, 3.05) is 18.0 Å². The van der Waals surface area contributed by atoms with E-state index in [2.05, 4.69) is 0 Å². The van der Waals surface area contributed by atoms with E-state index in [9.17, 15) is 65.9 Å². The third-order valence-corrected chi connectivity index (χ3v) is 4.31. The van der Waals surface area contributed by atoms with Gasteiger partial charge in [0.25, 0.3) is 0 Å². The lowest BCUT2D eigenvalue weighted by molar-refractivity contribution is -0.188. The summed E-state index contributed by atoms with van der Waals surface area (Å²) in [5.74, 6) is 0. The number of alkyl halides is 15. The number of hydrogen-bond donors (Lipinski definition) is 0. The monoisotopic (exact) mass is 487 g/mol. The normalized spacial score (nSPS) is 16.9. The van der Waals surface area contributed by atoms with E-state index in [1.165, 1.54) is 0 Å². The van der Waals surface area contributed by atoms with Gasteiger partial charge in [-0.05, 0) is 12.8 Å². The van der Waals surface area contributed by atoms with Crippen molar-refractivity contribution in [2.45, 2.75) is 43.7 Å². The van der Waals surface area contributed by atoms with Gasteiger partial charge in [-0.2, -0.15) is 65.9 Å². The van der Waals surface area contributed by atoms with Crippen molar-refractivity contribution in [3.8, 4) is 0 Å². The maximum absolute atomic E-state index is 13.5. The molecule has 2 rings (SSSR count). The van der Waals surface area contributed by atoms with Crippen LogP contribution >= 0.6 is 0 Å². The highest BCUT2D eigenvalue weighted by Crippen LogP contribution is 2.59. The van der Waals surface area contributed by atoms with Crippen molar-refractivity contribution in [2.24, 2.45) is 0 Å². The molecule has 1 fully saturated rings. The van der Waals surface area contributed by atoms with Gasteiger partial charge in [-0.1, -0.05) is 0 Å². The van der Waals surface area contributed by atoms with Crippen LogP contribution in [0, 0.1) is 0 Å². The van der Waals surface area contributed by atoms with E-state index in [-0.39, 0.29) is 17.7 Å². The first-order valence-electron chi connectivity index (χ1n) is 7.94. The molecule has 1 saturated heterocycles. The van der Waals surface area contributed by atoms with Gasteiger partial charge in [-0.25, -0.2) is 0 Å². The van der Waals surface area contributed by atoms with Crippen LogP contribution in [0.5, 0.6) is 0 Å². The molecule has 1 aliphatic heterocycles. The average Bonchev–Trinajstić information content (AvgIpc) is 3.01. The average molecular weight is 487 g/mol. The molecule has 178 valence electrons. The Morgan fingerprint density at radius 2 is 0.613 bits per heavy atom. The zero-order valence-electron chi connectivity index (χ0n) is 14.4. The minimum Gasteiger partial charge on any atom is -0.371 e. The van der Waals surface area contributed by atoms with Crippen LogP contribution in [0.3, 0.4) is 0 Å². The van der Waals surface area contributed by atoms with Crippen LogP contribution in [0.2, 0.25) is 0 Å². The Bertz CT molecular complexity index is 776. The van der Waals surface area contributed by atoms with Gasteiger partial charge in [0.05, 0.1) is 33.5 Å². The number of hydrogen-bond acceptors (Lipinski definition) is 1. The van der Waals surface area contributed by atoms with Gasteiger partial charge in [0.1, 0.15) is 0 Å². The summed E-state index contributed by atoms with van der Waals surface area (Å²) in [6, 6.07) is 0. The molecular formula is C15H8F15N. The van der Waals surface area contributed by atoms with E-state index in [0.29, 0.717) is 0 Å². The molecule has 1 aromatic carbocycles. The lowest BCUT2D eigenvalue weighted by Gasteiger charge is -2.33. The van der Waals surface area contributed by atoms with E-state index in [0.717, 1.165) is 0 Å². The van der Waals surface area contributed by atoms with Crippen LogP contribution in [0.1, 0.15) is 40.7 Å². The van der Waals surface area contributed by atoms with E-state index >= 15 is 0 Å². The molecular weight excluding hydrogens is 479 g/mol. The summed E-state index contributed by atoms with van der Waals surface area (Å²) in [6.45, 7) is -1.65. The van der Waals surface area contributed by atoms with Crippen LogP contribution in [0.4, 0.5) is 71.5 Å². The Morgan fingerprint density at radius 3 is 0.839 bits per heavy atom. The maximum atomic E-state index is 13.5. The molecule has 1 aromatic rings. The molecule has 0 amide bonds. The Morgan fingerprint density at radius 1 is 0.387 bits per heavy atom. The summed E-state index contributed by atoms with van der Waals surface area (Å²) in [5.41, 5.74) is -21.4. The molecule has 0 unspecified atom stereocenters. The van der Waals surface area contributed by atoms with Crippen molar-refractivity contribution >= 4 is 5.69 Å². The lowest BCUT2D eigenvalue weighted by Crippen LogP contribution is -2.35.